The summed E-state index contributed by atoms with van der Waals surface area (Å²) in [6.45, 7) is 7.52. The highest BCUT2D eigenvalue weighted by Gasteiger charge is 2.10. The number of rotatable bonds is 8. The van der Waals surface area contributed by atoms with E-state index in [4.69, 9.17) is 0 Å². The van der Waals surface area contributed by atoms with Crippen LogP contribution in [0.1, 0.15) is 43.4 Å². The van der Waals surface area contributed by atoms with E-state index in [2.05, 4.69) is 86.6 Å². The first-order chi connectivity index (χ1) is 11.1. The summed E-state index contributed by atoms with van der Waals surface area (Å²) in [4.78, 5) is 2.29. The molecule has 0 bridgehead atoms. The lowest BCUT2D eigenvalue weighted by molar-refractivity contribution is 0.537. The summed E-state index contributed by atoms with van der Waals surface area (Å²) in [5.74, 6) is 0. The monoisotopic (exact) mass is 310 g/mol. The molecule has 2 heteroatoms. The summed E-state index contributed by atoms with van der Waals surface area (Å²) in [7, 11) is 2.15. The van der Waals surface area contributed by atoms with Crippen molar-refractivity contribution >= 4 is 5.69 Å². The van der Waals surface area contributed by atoms with E-state index >= 15 is 0 Å². The molecule has 0 aromatic heterocycles. The summed E-state index contributed by atoms with van der Waals surface area (Å²) >= 11 is 0. The Labute approximate surface area is 141 Å². The van der Waals surface area contributed by atoms with Gasteiger partial charge in [0.2, 0.25) is 0 Å². The lowest BCUT2D eigenvalue weighted by Crippen LogP contribution is -2.41. The van der Waals surface area contributed by atoms with E-state index in [1.54, 1.807) is 0 Å². The molecule has 0 saturated heterocycles. The van der Waals surface area contributed by atoms with Gasteiger partial charge in [0.05, 0.1) is 6.17 Å². The molecule has 1 unspecified atom stereocenters. The van der Waals surface area contributed by atoms with Gasteiger partial charge in [-0.3, -0.25) is 5.32 Å². The normalized spacial score (nSPS) is 12.2. The number of unbranched alkanes of at least 4 members (excludes halogenated alkanes) is 1. The van der Waals surface area contributed by atoms with Gasteiger partial charge in [-0.25, -0.2) is 0 Å². The molecule has 1 atom stereocenters. The quantitative estimate of drug-likeness (QED) is 0.697. The van der Waals surface area contributed by atoms with E-state index in [1.165, 1.54) is 41.6 Å². The summed E-state index contributed by atoms with van der Waals surface area (Å²) in [5, 5.41) is 3.66. The molecule has 1 N–H and O–H groups in total. The molecule has 0 amide bonds. The van der Waals surface area contributed by atoms with Crippen molar-refractivity contribution in [1.29, 1.82) is 0 Å². The molecule has 0 saturated carbocycles. The SMILES string of the molecule is CCCCc1ccccc1CNC(C)N(C)c1cccc(C)c1. The molecule has 0 heterocycles. The Bertz CT molecular complexity index is 606. The van der Waals surface area contributed by atoms with Gasteiger partial charge in [-0.15, -0.1) is 0 Å². The molecule has 0 fully saturated rings. The Morgan fingerprint density at radius 3 is 2.48 bits per heavy atom. The van der Waals surface area contributed by atoms with Gasteiger partial charge >= 0.3 is 0 Å². The van der Waals surface area contributed by atoms with Crippen molar-refractivity contribution in [1.82, 2.24) is 5.32 Å². The van der Waals surface area contributed by atoms with Crippen LogP contribution in [0.15, 0.2) is 48.5 Å². The van der Waals surface area contributed by atoms with Crippen molar-refractivity contribution in [3.05, 3.63) is 65.2 Å². The number of hydrogen-bond acceptors (Lipinski definition) is 2. The first-order valence-electron chi connectivity index (χ1n) is 8.71. The molecule has 23 heavy (non-hydrogen) atoms. The van der Waals surface area contributed by atoms with Crippen molar-refractivity contribution < 1.29 is 0 Å². The van der Waals surface area contributed by atoms with Gasteiger partial charge in [0.1, 0.15) is 0 Å². The van der Waals surface area contributed by atoms with Crippen LogP contribution in [0.25, 0.3) is 0 Å². The number of hydrogen-bond donors (Lipinski definition) is 1. The molecule has 2 rings (SSSR count). The Kier molecular flexibility index (Phi) is 6.66. The average molecular weight is 310 g/mol. The highest BCUT2D eigenvalue weighted by Crippen LogP contribution is 2.17. The van der Waals surface area contributed by atoms with Gasteiger partial charge < -0.3 is 4.90 Å². The summed E-state index contributed by atoms with van der Waals surface area (Å²) in [5.41, 5.74) is 5.45. The highest BCUT2D eigenvalue weighted by atomic mass is 15.2. The molecular formula is C21H30N2. The fourth-order valence-electron chi connectivity index (χ4n) is 2.81. The second-order valence-electron chi connectivity index (χ2n) is 6.38. The zero-order chi connectivity index (χ0) is 16.7. The van der Waals surface area contributed by atoms with Crippen molar-refractivity contribution in [2.24, 2.45) is 0 Å². The van der Waals surface area contributed by atoms with Crippen LogP contribution in [0.2, 0.25) is 0 Å². The van der Waals surface area contributed by atoms with E-state index in [0.717, 1.165) is 6.54 Å². The third-order valence-corrected chi connectivity index (χ3v) is 4.50. The fourth-order valence-corrected chi connectivity index (χ4v) is 2.81. The Hall–Kier alpha value is -1.80. The van der Waals surface area contributed by atoms with Gasteiger partial charge in [0, 0.05) is 19.3 Å². The van der Waals surface area contributed by atoms with Crippen LogP contribution in [-0.4, -0.2) is 13.2 Å². The maximum atomic E-state index is 3.66. The minimum Gasteiger partial charge on any atom is -0.359 e. The Morgan fingerprint density at radius 1 is 1.04 bits per heavy atom. The molecule has 0 spiro atoms. The third-order valence-electron chi connectivity index (χ3n) is 4.50. The summed E-state index contributed by atoms with van der Waals surface area (Å²) in [6, 6.07) is 17.5. The van der Waals surface area contributed by atoms with Gasteiger partial charge in [-0.2, -0.15) is 0 Å². The van der Waals surface area contributed by atoms with Crippen molar-refractivity contribution in [3.8, 4) is 0 Å². The van der Waals surface area contributed by atoms with Crippen LogP contribution in [0.3, 0.4) is 0 Å². The predicted octanol–water partition coefficient (Wildman–Crippen LogP) is 4.91. The van der Waals surface area contributed by atoms with Gasteiger partial charge in [0.15, 0.2) is 0 Å². The maximum absolute atomic E-state index is 3.66. The molecule has 0 radical (unpaired) electrons. The standard InChI is InChI=1S/C21H30N2/c1-5-6-11-19-12-7-8-13-20(19)16-22-18(3)23(4)21-14-9-10-17(2)15-21/h7-10,12-15,18,22H,5-6,11,16H2,1-4H3. The van der Waals surface area contributed by atoms with E-state index in [1.807, 2.05) is 0 Å². The van der Waals surface area contributed by atoms with Gasteiger partial charge in [-0.05, 0) is 55.5 Å². The first-order valence-corrected chi connectivity index (χ1v) is 8.71. The Balaban J connectivity index is 1.97. The van der Waals surface area contributed by atoms with Gasteiger partial charge in [0.25, 0.3) is 0 Å². The minimum atomic E-state index is 0.288. The third kappa shape index (κ3) is 5.11. The van der Waals surface area contributed by atoms with E-state index in [0.29, 0.717) is 0 Å². The largest absolute Gasteiger partial charge is 0.359 e. The topological polar surface area (TPSA) is 15.3 Å². The number of aryl methyl sites for hydroxylation is 2. The van der Waals surface area contributed by atoms with E-state index in [9.17, 15) is 0 Å². The fraction of sp³-hybridized carbons (Fsp3) is 0.429. The van der Waals surface area contributed by atoms with Crippen molar-refractivity contribution in [2.75, 3.05) is 11.9 Å². The van der Waals surface area contributed by atoms with Gasteiger partial charge in [-0.1, -0.05) is 49.7 Å². The second-order valence-corrected chi connectivity index (χ2v) is 6.38. The van der Waals surface area contributed by atoms with E-state index in [-0.39, 0.29) is 6.17 Å². The number of benzene rings is 2. The Morgan fingerprint density at radius 2 is 1.78 bits per heavy atom. The smallest absolute Gasteiger partial charge is 0.0766 e. The number of anilines is 1. The molecule has 2 aromatic carbocycles. The first kappa shape index (κ1) is 17.6. The van der Waals surface area contributed by atoms with Crippen LogP contribution in [0.5, 0.6) is 0 Å². The molecule has 2 nitrogen and oxygen atoms in total. The van der Waals surface area contributed by atoms with E-state index < -0.39 is 0 Å². The minimum absolute atomic E-state index is 0.288. The summed E-state index contributed by atoms with van der Waals surface area (Å²) in [6.07, 6.45) is 3.97. The van der Waals surface area contributed by atoms with Crippen LogP contribution < -0.4 is 10.2 Å². The summed E-state index contributed by atoms with van der Waals surface area (Å²) < 4.78 is 0. The molecule has 0 aliphatic rings. The maximum Gasteiger partial charge on any atom is 0.0766 e. The van der Waals surface area contributed by atoms with Crippen LogP contribution in [0.4, 0.5) is 5.69 Å². The molecule has 2 aromatic rings. The lowest BCUT2D eigenvalue weighted by atomic mass is 10.0. The van der Waals surface area contributed by atoms with Crippen LogP contribution in [-0.2, 0) is 13.0 Å². The van der Waals surface area contributed by atoms with Crippen molar-refractivity contribution in [2.45, 2.75) is 52.7 Å². The number of nitrogens with zero attached hydrogens (tertiary/aromatic N) is 1. The highest BCUT2D eigenvalue weighted by molar-refractivity contribution is 5.48. The molecule has 0 aliphatic heterocycles. The molecule has 124 valence electrons. The molecular weight excluding hydrogens is 280 g/mol. The zero-order valence-electron chi connectivity index (χ0n) is 15.0. The average Bonchev–Trinajstić information content (AvgIpc) is 2.57. The zero-order valence-corrected chi connectivity index (χ0v) is 15.0. The molecule has 0 aliphatic carbocycles. The van der Waals surface area contributed by atoms with Crippen LogP contribution in [0, 0.1) is 6.92 Å². The van der Waals surface area contributed by atoms with Crippen molar-refractivity contribution in [3.63, 3.8) is 0 Å². The van der Waals surface area contributed by atoms with Crippen LogP contribution >= 0.6 is 0 Å². The second kappa shape index (κ2) is 8.73. The number of nitrogens with one attached hydrogen (secondary N) is 1. The predicted molar refractivity (Wildman–Crippen MR) is 101 cm³/mol. The lowest BCUT2D eigenvalue weighted by Gasteiger charge is -2.28.